The Balaban J connectivity index is 1.97. The summed E-state index contributed by atoms with van der Waals surface area (Å²) in [6.07, 6.45) is -4.39. The van der Waals surface area contributed by atoms with E-state index in [1.165, 1.54) is 13.0 Å². The third-order valence-electron chi connectivity index (χ3n) is 5.02. The number of methoxy groups -OCH3 is 1. The van der Waals surface area contributed by atoms with Crippen molar-refractivity contribution in [2.75, 3.05) is 30.9 Å². The van der Waals surface area contributed by atoms with Gasteiger partial charge in [-0.05, 0) is 66.0 Å². The molecule has 1 aromatic heterocycles. The van der Waals surface area contributed by atoms with Gasteiger partial charge in [0.2, 0.25) is 0 Å². The lowest BCUT2D eigenvalue weighted by Gasteiger charge is -2.21. The van der Waals surface area contributed by atoms with E-state index in [4.69, 9.17) is 4.74 Å². The summed E-state index contributed by atoms with van der Waals surface area (Å²) in [5.41, 5.74) is 1.74. The standard InChI is InChI=1S/C22H24BrF3N4O/c1-12-15(6-5-7-17(12)22(24,25)26)13(2)28-21-16-10-18(23)20(27-8-9-31-4)11-19(16)29-14(3)30-21/h5-7,10-11,13,27H,8-9H2,1-4H3,(H,28,29,30)/t13-/m1/s1. The van der Waals surface area contributed by atoms with Gasteiger partial charge in [-0.25, -0.2) is 9.97 Å². The van der Waals surface area contributed by atoms with Crippen LogP contribution in [-0.2, 0) is 10.9 Å². The Morgan fingerprint density at radius 3 is 2.58 bits per heavy atom. The van der Waals surface area contributed by atoms with E-state index >= 15 is 0 Å². The molecule has 166 valence electrons. The van der Waals surface area contributed by atoms with Crippen LogP contribution in [0.15, 0.2) is 34.8 Å². The molecule has 0 saturated carbocycles. The molecule has 1 heterocycles. The monoisotopic (exact) mass is 496 g/mol. The van der Waals surface area contributed by atoms with E-state index in [1.54, 1.807) is 20.1 Å². The van der Waals surface area contributed by atoms with Gasteiger partial charge in [0.25, 0.3) is 0 Å². The Labute approximate surface area is 187 Å². The number of anilines is 2. The zero-order chi connectivity index (χ0) is 22.8. The molecule has 31 heavy (non-hydrogen) atoms. The van der Waals surface area contributed by atoms with Crippen molar-refractivity contribution in [3.05, 3.63) is 57.3 Å². The molecule has 3 rings (SSSR count). The van der Waals surface area contributed by atoms with Crippen LogP contribution < -0.4 is 10.6 Å². The van der Waals surface area contributed by atoms with Gasteiger partial charge in [-0.3, -0.25) is 0 Å². The quantitative estimate of drug-likeness (QED) is 0.378. The maximum absolute atomic E-state index is 13.3. The van der Waals surface area contributed by atoms with Crippen LogP contribution in [0.4, 0.5) is 24.7 Å². The summed E-state index contributed by atoms with van der Waals surface area (Å²) in [6.45, 7) is 6.30. The molecule has 0 aliphatic heterocycles. The number of hydrogen-bond donors (Lipinski definition) is 2. The first-order valence-corrected chi connectivity index (χ1v) is 10.5. The molecule has 0 spiro atoms. The molecule has 0 radical (unpaired) electrons. The number of nitrogens with zero attached hydrogens (tertiary/aromatic N) is 2. The highest BCUT2D eigenvalue weighted by Crippen LogP contribution is 2.36. The second kappa shape index (κ2) is 9.40. The van der Waals surface area contributed by atoms with Crippen molar-refractivity contribution in [3.63, 3.8) is 0 Å². The van der Waals surface area contributed by atoms with E-state index in [-0.39, 0.29) is 5.56 Å². The van der Waals surface area contributed by atoms with Crippen molar-refractivity contribution in [2.24, 2.45) is 0 Å². The first-order chi connectivity index (χ1) is 14.6. The summed E-state index contributed by atoms with van der Waals surface area (Å²) in [5, 5.41) is 7.33. The number of benzene rings is 2. The van der Waals surface area contributed by atoms with Gasteiger partial charge in [0.05, 0.1) is 29.4 Å². The largest absolute Gasteiger partial charge is 0.416 e. The van der Waals surface area contributed by atoms with Crippen LogP contribution in [0, 0.1) is 13.8 Å². The molecule has 0 amide bonds. The molecule has 0 fully saturated rings. The lowest BCUT2D eigenvalue weighted by molar-refractivity contribution is -0.138. The third kappa shape index (κ3) is 5.27. The molecular weight excluding hydrogens is 473 g/mol. The van der Waals surface area contributed by atoms with Crippen LogP contribution in [0.3, 0.4) is 0 Å². The van der Waals surface area contributed by atoms with Crippen molar-refractivity contribution in [1.29, 1.82) is 0 Å². The van der Waals surface area contributed by atoms with Gasteiger partial charge in [0.15, 0.2) is 0 Å². The summed E-state index contributed by atoms with van der Waals surface area (Å²) < 4.78 is 45.8. The van der Waals surface area contributed by atoms with Gasteiger partial charge >= 0.3 is 6.18 Å². The number of hydrogen-bond acceptors (Lipinski definition) is 5. The summed E-state index contributed by atoms with van der Waals surface area (Å²) in [6, 6.07) is 7.66. The highest BCUT2D eigenvalue weighted by molar-refractivity contribution is 9.10. The summed E-state index contributed by atoms with van der Waals surface area (Å²) in [5.74, 6) is 1.13. The molecule has 5 nitrogen and oxygen atoms in total. The van der Waals surface area contributed by atoms with Gasteiger partial charge in [0.1, 0.15) is 11.6 Å². The van der Waals surface area contributed by atoms with E-state index in [1.807, 2.05) is 19.1 Å². The van der Waals surface area contributed by atoms with E-state index in [0.29, 0.717) is 30.4 Å². The van der Waals surface area contributed by atoms with E-state index < -0.39 is 17.8 Å². The zero-order valence-electron chi connectivity index (χ0n) is 17.7. The number of ether oxygens (including phenoxy) is 1. The number of halogens is 4. The van der Waals surface area contributed by atoms with Crippen LogP contribution in [0.5, 0.6) is 0 Å². The summed E-state index contributed by atoms with van der Waals surface area (Å²) in [7, 11) is 1.64. The second-order valence-corrected chi connectivity index (χ2v) is 8.13. The smallest absolute Gasteiger partial charge is 0.383 e. The fourth-order valence-electron chi connectivity index (χ4n) is 3.51. The number of nitrogens with one attached hydrogen (secondary N) is 2. The lowest BCUT2D eigenvalue weighted by atomic mass is 9.97. The Bertz CT molecular complexity index is 1090. The normalized spacial score (nSPS) is 12.8. The highest BCUT2D eigenvalue weighted by atomic mass is 79.9. The second-order valence-electron chi connectivity index (χ2n) is 7.27. The predicted octanol–water partition coefficient (Wildman–Crippen LogP) is 6.26. The molecule has 2 N–H and O–H groups in total. The van der Waals surface area contributed by atoms with Crippen LogP contribution >= 0.6 is 15.9 Å². The minimum atomic E-state index is -4.39. The molecule has 0 aliphatic carbocycles. The lowest BCUT2D eigenvalue weighted by Crippen LogP contribution is -2.14. The Morgan fingerprint density at radius 1 is 1.16 bits per heavy atom. The SMILES string of the molecule is COCCNc1cc2nc(C)nc(N[C@H](C)c3cccc(C(F)(F)F)c3C)c2cc1Br. The number of rotatable bonds is 7. The van der Waals surface area contributed by atoms with Crippen molar-refractivity contribution >= 4 is 38.3 Å². The van der Waals surface area contributed by atoms with Crippen LogP contribution in [-0.4, -0.2) is 30.2 Å². The van der Waals surface area contributed by atoms with Gasteiger partial charge in [-0.1, -0.05) is 12.1 Å². The molecule has 3 aromatic rings. The van der Waals surface area contributed by atoms with Gasteiger partial charge in [-0.2, -0.15) is 13.2 Å². The molecule has 1 atom stereocenters. The summed E-state index contributed by atoms with van der Waals surface area (Å²) in [4.78, 5) is 9.03. The third-order valence-corrected chi connectivity index (χ3v) is 5.67. The fourth-order valence-corrected chi connectivity index (χ4v) is 3.99. The molecule has 2 aromatic carbocycles. The maximum atomic E-state index is 13.3. The number of aryl methyl sites for hydroxylation is 1. The highest BCUT2D eigenvalue weighted by Gasteiger charge is 2.33. The predicted molar refractivity (Wildman–Crippen MR) is 121 cm³/mol. The fraction of sp³-hybridized carbons (Fsp3) is 0.364. The molecule has 0 unspecified atom stereocenters. The first-order valence-electron chi connectivity index (χ1n) is 9.75. The van der Waals surface area contributed by atoms with E-state index in [2.05, 4.69) is 36.5 Å². The van der Waals surface area contributed by atoms with Crippen LogP contribution in [0.25, 0.3) is 10.9 Å². The van der Waals surface area contributed by atoms with Crippen molar-refractivity contribution in [1.82, 2.24) is 9.97 Å². The minimum absolute atomic E-state index is 0.205. The van der Waals surface area contributed by atoms with Crippen molar-refractivity contribution in [3.8, 4) is 0 Å². The van der Waals surface area contributed by atoms with Crippen molar-refractivity contribution in [2.45, 2.75) is 33.0 Å². The average Bonchev–Trinajstić information content (AvgIpc) is 2.68. The first kappa shape index (κ1) is 23.3. The van der Waals surface area contributed by atoms with Gasteiger partial charge in [-0.15, -0.1) is 0 Å². The topological polar surface area (TPSA) is 59.1 Å². The number of fused-ring (bicyclic) bond motifs is 1. The Hall–Kier alpha value is -2.39. The number of aromatic nitrogens is 2. The van der Waals surface area contributed by atoms with Crippen molar-refractivity contribution < 1.29 is 17.9 Å². The Kier molecular flexibility index (Phi) is 7.06. The van der Waals surface area contributed by atoms with Crippen LogP contribution in [0.1, 0.15) is 35.5 Å². The van der Waals surface area contributed by atoms with Gasteiger partial charge in [0, 0.05) is 23.5 Å². The zero-order valence-corrected chi connectivity index (χ0v) is 19.3. The molecule has 0 bridgehead atoms. The molecule has 0 aliphatic rings. The Morgan fingerprint density at radius 2 is 1.90 bits per heavy atom. The average molecular weight is 497 g/mol. The molecule has 9 heteroatoms. The maximum Gasteiger partial charge on any atom is 0.416 e. The van der Waals surface area contributed by atoms with E-state index in [9.17, 15) is 13.2 Å². The van der Waals surface area contributed by atoms with E-state index in [0.717, 1.165) is 27.1 Å². The number of alkyl halides is 3. The minimum Gasteiger partial charge on any atom is -0.383 e. The molecular formula is C22H24BrF3N4O. The summed E-state index contributed by atoms with van der Waals surface area (Å²) >= 11 is 3.56. The molecule has 0 saturated heterocycles. The van der Waals surface area contributed by atoms with Gasteiger partial charge < -0.3 is 15.4 Å². The van der Waals surface area contributed by atoms with Crippen LogP contribution in [0.2, 0.25) is 0 Å².